The summed E-state index contributed by atoms with van der Waals surface area (Å²) < 4.78 is 2.33. The van der Waals surface area contributed by atoms with E-state index in [9.17, 15) is 9.59 Å². The quantitative estimate of drug-likeness (QED) is 0.283. The van der Waals surface area contributed by atoms with Gasteiger partial charge in [-0.15, -0.1) is 0 Å². The number of carbonyl (C=O) groups is 2. The van der Waals surface area contributed by atoms with Crippen molar-refractivity contribution in [1.29, 1.82) is 0 Å². The van der Waals surface area contributed by atoms with Crippen molar-refractivity contribution >= 4 is 22.8 Å². The minimum atomic E-state index is -0.351. The van der Waals surface area contributed by atoms with Crippen molar-refractivity contribution in [1.82, 2.24) is 20.3 Å². The number of unbranched alkanes of at least 4 members (excludes halogenated alkanes) is 3. The molecule has 3 amide bonds. The van der Waals surface area contributed by atoms with Crippen molar-refractivity contribution in [3.8, 4) is 5.69 Å². The van der Waals surface area contributed by atoms with Crippen LogP contribution in [0.3, 0.4) is 0 Å². The van der Waals surface area contributed by atoms with Crippen LogP contribution in [-0.4, -0.2) is 39.7 Å². The number of hydrogen-bond donors (Lipinski definition) is 3. The third-order valence-corrected chi connectivity index (χ3v) is 6.09. The number of para-hydroxylation sites is 2. The highest BCUT2D eigenvalue weighted by Gasteiger charge is 2.26. The van der Waals surface area contributed by atoms with Crippen LogP contribution in [0.4, 0.5) is 4.79 Å². The monoisotopic (exact) mass is 434 g/mol. The number of urea groups is 1. The number of hydrogen-bond acceptors (Lipinski definition) is 3. The summed E-state index contributed by atoms with van der Waals surface area (Å²) in [6.45, 7) is 1.93. The summed E-state index contributed by atoms with van der Waals surface area (Å²) in [5.74, 6) is -0.351. The minimum absolute atomic E-state index is 0.0214. The highest BCUT2D eigenvalue weighted by Crippen LogP contribution is 2.33. The normalized spacial score (nSPS) is 13.1. The molecule has 2 aromatic carbocycles. The van der Waals surface area contributed by atoms with Crippen LogP contribution in [0.15, 0.2) is 54.6 Å². The lowest BCUT2D eigenvalue weighted by Gasteiger charge is -2.28. The maximum absolute atomic E-state index is 12.8. The first kappa shape index (κ1) is 21.9. The van der Waals surface area contributed by atoms with Crippen molar-refractivity contribution in [3.63, 3.8) is 0 Å². The molecule has 1 aliphatic rings. The van der Waals surface area contributed by atoms with Gasteiger partial charge in [0.2, 0.25) is 5.91 Å². The van der Waals surface area contributed by atoms with Crippen molar-refractivity contribution < 1.29 is 14.8 Å². The Bertz CT molecular complexity index is 1080. The first-order valence-corrected chi connectivity index (χ1v) is 11.3. The van der Waals surface area contributed by atoms with Crippen LogP contribution in [0.1, 0.15) is 43.4 Å². The van der Waals surface area contributed by atoms with E-state index in [4.69, 9.17) is 5.21 Å². The zero-order valence-electron chi connectivity index (χ0n) is 18.2. The Morgan fingerprint density at radius 1 is 0.938 bits per heavy atom. The summed E-state index contributed by atoms with van der Waals surface area (Å²) in [5.41, 5.74) is 6.49. The maximum atomic E-state index is 12.8. The van der Waals surface area contributed by atoms with Crippen LogP contribution < -0.4 is 10.8 Å². The lowest BCUT2D eigenvalue weighted by Crippen LogP contribution is -2.43. The third-order valence-electron chi connectivity index (χ3n) is 6.09. The number of rotatable bonds is 8. The number of nitrogens with one attached hydrogen (secondary N) is 2. The molecule has 0 saturated heterocycles. The number of fused-ring (bicyclic) bond motifs is 3. The Kier molecular flexibility index (Phi) is 7.07. The molecule has 3 N–H and O–H groups in total. The fraction of sp³-hybridized carbons (Fsp3) is 0.360. The Morgan fingerprint density at radius 3 is 2.50 bits per heavy atom. The fourth-order valence-corrected chi connectivity index (χ4v) is 4.48. The molecule has 0 spiro atoms. The lowest BCUT2D eigenvalue weighted by molar-refractivity contribution is -0.129. The van der Waals surface area contributed by atoms with Crippen molar-refractivity contribution in [2.45, 2.75) is 45.1 Å². The Labute approximate surface area is 188 Å². The van der Waals surface area contributed by atoms with Crippen LogP contribution in [0.25, 0.3) is 16.6 Å². The molecular weight excluding hydrogens is 404 g/mol. The summed E-state index contributed by atoms with van der Waals surface area (Å²) in [7, 11) is 0. The van der Waals surface area contributed by atoms with E-state index >= 15 is 0 Å². The van der Waals surface area contributed by atoms with Gasteiger partial charge in [0, 0.05) is 54.8 Å². The molecule has 0 bridgehead atoms. The fourth-order valence-electron chi connectivity index (χ4n) is 4.48. The van der Waals surface area contributed by atoms with Gasteiger partial charge < -0.3 is 14.8 Å². The van der Waals surface area contributed by atoms with Crippen molar-refractivity contribution in [3.05, 3.63) is 65.9 Å². The highest BCUT2D eigenvalue weighted by atomic mass is 16.5. The van der Waals surface area contributed by atoms with E-state index in [2.05, 4.69) is 58.4 Å². The van der Waals surface area contributed by atoms with Crippen LogP contribution in [-0.2, 0) is 17.8 Å². The second-order valence-corrected chi connectivity index (χ2v) is 8.22. The highest BCUT2D eigenvalue weighted by molar-refractivity contribution is 5.88. The molecule has 1 aromatic heterocycles. The van der Waals surface area contributed by atoms with Gasteiger partial charge in [-0.2, -0.15) is 0 Å². The van der Waals surface area contributed by atoms with Gasteiger partial charge in [-0.1, -0.05) is 49.2 Å². The summed E-state index contributed by atoms with van der Waals surface area (Å²) in [6, 6.07) is 18.8. The maximum Gasteiger partial charge on any atom is 0.317 e. The molecule has 1 aliphatic heterocycles. The summed E-state index contributed by atoms with van der Waals surface area (Å²) in [6.07, 6.45) is 4.59. The number of nitrogens with zero attached hydrogens (tertiary/aromatic N) is 2. The third kappa shape index (κ3) is 4.78. The average Bonchev–Trinajstić information content (AvgIpc) is 3.17. The molecule has 168 valence electrons. The first-order valence-electron chi connectivity index (χ1n) is 11.3. The Balaban J connectivity index is 1.37. The van der Waals surface area contributed by atoms with Gasteiger partial charge in [0.25, 0.3) is 0 Å². The standard InChI is InChI=1S/C25H30N4O3/c30-24(27-32)14-6-1-2-9-16-26-25(31)28-17-15-23-21(18-28)20-12-7-8-13-22(20)29(23)19-10-4-3-5-11-19/h3-5,7-8,10-13,32H,1-2,6,9,14-18H2,(H,26,31)(H,27,30). The Hall–Kier alpha value is -3.32. The van der Waals surface area contributed by atoms with Gasteiger partial charge in [0.15, 0.2) is 0 Å². The SMILES string of the molecule is O=C(CCCCCCNC(=O)N1CCc2c(c3ccccc3n2-c2ccccc2)C1)NO. The smallest absolute Gasteiger partial charge is 0.317 e. The van der Waals surface area contributed by atoms with E-state index in [1.54, 1.807) is 5.48 Å². The van der Waals surface area contributed by atoms with Gasteiger partial charge >= 0.3 is 6.03 Å². The second kappa shape index (κ2) is 10.3. The predicted octanol–water partition coefficient (Wildman–Crippen LogP) is 4.15. The molecule has 3 aromatic rings. The number of aromatic nitrogens is 1. The van der Waals surface area contributed by atoms with Gasteiger partial charge in [-0.05, 0) is 31.0 Å². The van der Waals surface area contributed by atoms with Gasteiger partial charge in [0.05, 0.1) is 5.52 Å². The summed E-state index contributed by atoms with van der Waals surface area (Å²) >= 11 is 0. The topological polar surface area (TPSA) is 86.6 Å². The van der Waals surface area contributed by atoms with E-state index in [1.807, 2.05) is 11.0 Å². The molecule has 7 nitrogen and oxygen atoms in total. The lowest BCUT2D eigenvalue weighted by atomic mass is 10.0. The second-order valence-electron chi connectivity index (χ2n) is 8.22. The van der Waals surface area contributed by atoms with E-state index in [0.29, 0.717) is 26.1 Å². The molecule has 0 fully saturated rings. The van der Waals surface area contributed by atoms with Crippen LogP contribution in [0.2, 0.25) is 0 Å². The molecule has 0 radical (unpaired) electrons. The van der Waals surface area contributed by atoms with Gasteiger partial charge in [-0.3, -0.25) is 10.0 Å². The summed E-state index contributed by atoms with van der Waals surface area (Å²) in [5, 5.41) is 12.7. The van der Waals surface area contributed by atoms with Crippen molar-refractivity contribution in [2.75, 3.05) is 13.1 Å². The molecule has 0 unspecified atom stereocenters. The average molecular weight is 435 g/mol. The summed E-state index contributed by atoms with van der Waals surface area (Å²) in [4.78, 5) is 25.7. The van der Waals surface area contributed by atoms with Crippen LogP contribution >= 0.6 is 0 Å². The molecular formula is C25H30N4O3. The van der Waals surface area contributed by atoms with E-state index in [-0.39, 0.29) is 11.9 Å². The molecule has 7 heteroatoms. The van der Waals surface area contributed by atoms with Crippen LogP contribution in [0, 0.1) is 0 Å². The number of amides is 3. The van der Waals surface area contributed by atoms with Crippen molar-refractivity contribution in [2.24, 2.45) is 0 Å². The van der Waals surface area contributed by atoms with Gasteiger partial charge in [-0.25, -0.2) is 10.3 Å². The predicted molar refractivity (Wildman–Crippen MR) is 124 cm³/mol. The molecule has 0 aliphatic carbocycles. The molecule has 0 atom stereocenters. The van der Waals surface area contributed by atoms with E-state index < -0.39 is 0 Å². The van der Waals surface area contributed by atoms with E-state index in [1.165, 1.54) is 22.2 Å². The molecule has 0 saturated carbocycles. The zero-order valence-corrected chi connectivity index (χ0v) is 18.2. The largest absolute Gasteiger partial charge is 0.338 e. The minimum Gasteiger partial charge on any atom is -0.338 e. The van der Waals surface area contributed by atoms with Crippen LogP contribution in [0.5, 0.6) is 0 Å². The molecule has 32 heavy (non-hydrogen) atoms. The zero-order chi connectivity index (χ0) is 22.3. The number of hydroxylamine groups is 1. The first-order chi connectivity index (χ1) is 15.7. The van der Waals surface area contributed by atoms with Gasteiger partial charge in [0.1, 0.15) is 0 Å². The number of carbonyl (C=O) groups excluding carboxylic acids is 2. The Morgan fingerprint density at radius 2 is 1.69 bits per heavy atom. The van der Waals surface area contributed by atoms with E-state index in [0.717, 1.165) is 37.8 Å². The number of benzene rings is 2. The molecule has 4 rings (SSSR count). The molecule has 2 heterocycles.